The average Bonchev–Trinajstić information content (AvgIpc) is 2.59. The number of hydrogen-bond donors (Lipinski definition) is 1. The molecule has 2 heterocycles. The van der Waals surface area contributed by atoms with Crippen LogP contribution in [0.2, 0.25) is 0 Å². The summed E-state index contributed by atoms with van der Waals surface area (Å²) in [6, 6.07) is 0. The lowest BCUT2D eigenvalue weighted by Gasteiger charge is -2.06. The topological polar surface area (TPSA) is 59.3 Å². The van der Waals surface area contributed by atoms with Crippen molar-refractivity contribution in [3.8, 4) is 0 Å². The highest BCUT2D eigenvalue weighted by molar-refractivity contribution is 7.90. The number of fused-ring (bicyclic) bond motifs is 1. The van der Waals surface area contributed by atoms with Crippen molar-refractivity contribution in [1.82, 2.24) is 0 Å². The molecule has 0 amide bonds. The summed E-state index contributed by atoms with van der Waals surface area (Å²) in [5.41, 5.74) is 2.11. The van der Waals surface area contributed by atoms with E-state index in [0.717, 1.165) is 17.8 Å². The van der Waals surface area contributed by atoms with Crippen LogP contribution in [0, 0.1) is 0 Å². The molecule has 78 valence electrons. The minimum atomic E-state index is -2.86. The first-order valence-electron chi connectivity index (χ1n) is 4.54. The van der Waals surface area contributed by atoms with Gasteiger partial charge in [0.05, 0.1) is 17.7 Å². The third-order valence-electron chi connectivity index (χ3n) is 2.51. The number of rotatable bonds is 3. The molecule has 14 heavy (non-hydrogen) atoms. The van der Waals surface area contributed by atoms with Crippen LogP contribution in [0.3, 0.4) is 0 Å². The SMILES string of the molecule is CS(=O)(=O)CCC1CNc2cocc21. The van der Waals surface area contributed by atoms with Gasteiger partial charge in [-0.1, -0.05) is 0 Å². The average molecular weight is 215 g/mol. The summed E-state index contributed by atoms with van der Waals surface area (Å²) in [5.74, 6) is 0.516. The van der Waals surface area contributed by atoms with Crippen molar-refractivity contribution >= 4 is 15.5 Å². The van der Waals surface area contributed by atoms with E-state index in [1.807, 2.05) is 0 Å². The van der Waals surface area contributed by atoms with Gasteiger partial charge in [0.1, 0.15) is 16.1 Å². The molecule has 0 bridgehead atoms. The molecule has 1 unspecified atom stereocenters. The summed E-state index contributed by atoms with van der Waals surface area (Å²) in [7, 11) is -2.86. The highest BCUT2D eigenvalue weighted by Crippen LogP contribution is 2.34. The first-order chi connectivity index (χ1) is 6.56. The zero-order chi connectivity index (χ0) is 10.2. The molecule has 4 nitrogen and oxygen atoms in total. The van der Waals surface area contributed by atoms with Crippen LogP contribution in [-0.2, 0) is 9.84 Å². The molecule has 0 aromatic carbocycles. The van der Waals surface area contributed by atoms with Gasteiger partial charge in [0.2, 0.25) is 0 Å². The van der Waals surface area contributed by atoms with E-state index in [0.29, 0.717) is 6.42 Å². The minimum Gasteiger partial charge on any atom is -0.470 e. The maximum absolute atomic E-state index is 11.0. The Labute approximate surface area is 83.2 Å². The van der Waals surface area contributed by atoms with E-state index in [1.165, 1.54) is 6.26 Å². The van der Waals surface area contributed by atoms with Crippen molar-refractivity contribution in [2.24, 2.45) is 0 Å². The Balaban J connectivity index is 2.03. The Kier molecular flexibility index (Phi) is 2.26. The standard InChI is InChI=1S/C9H13NO3S/c1-14(11,12)3-2-7-4-10-9-6-13-5-8(7)9/h5-7,10H,2-4H2,1H3. The van der Waals surface area contributed by atoms with Crippen LogP contribution in [0.25, 0.3) is 0 Å². The van der Waals surface area contributed by atoms with Gasteiger partial charge in [-0.2, -0.15) is 0 Å². The Morgan fingerprint density at radius 1 is 1.57 bits per heavy atom. The Morgan fingerprint density at radius 2 is 2.36 bits per heavy atom. The third kappa shape index (κ3) is 1.92. The van der Waals surface area contributed by atoms with Gasteiger partial charge >= 0.3 is 0 Å². The highest BCUT2D eigenvalue weighted by Gasteiger charge is 2.24. The molecule has 1 N–H and O–H groups in total. The van der Waals surface area contributed by atoms with Crippen LogP contribution in [-0.4, -0.2) is 27.0 Å². The molecule has 0 saturated carbocycles. The lowest BCUT2D eigenvalue weighted by atomic mass is 10.0. The third-order valence-corrected chi connectivity index (χ3v) is 3.49. The fourth-order valence-electron chi connectivity index (χ4n) is 1.72. The van der Waals surface area contributed by atoms with Crippen LogP contribution in [0.5, 0.6) is 0 Å². The summed E-state index contributed by atoms with van der Waals surface area (Å²) >= 11 is 0. The van der Waals surface area contributed by atoms with E-state index in [4.69, 9.17) is 4.42 Å². The molecule has 0 saturated heterocycles. The van der Waals surface area contributed by atoms with Crippen LogP contribution in [0.4, 0.5) is 5.69 Å². The van der Waals surface area contributed by atoms with Gasteiger partial charge in [-0.25, -0.2) is 8.42 Å². The molecule has 1 atom stereocenters. The number of sulfone groups is 1. The summed E-state index contributed by atoms with van der Waals surface area (Å²) < 4.78 is 27.0. The van der Waals surface area contributed by atoms with Crippen LogP contribution >= 0.6 is 0 Å². The van der Waals surface area contributed by atoms with Crippen LogP contribution in [0.15, 0.2) is 16.9 Å². The quantitative estimate of drug-likeness (QED) is 0.823. The smallest absolute Gasteiger partial charge is 0.147 e. The second-order valence-electron chi connectivity index (χ2n) is 3.74. The monoisotopic (exact) mass is 215 g/mol. The predicted molar refractivity (Wildman–Crippen MR) is 54.3 cm³/mol. The van der Waals surface area contributed by atoms with Crippen molar-refractivity contribution in [2.45, 2.75) is 12.3 Å². The Morgan fingerprint density at radius 3 is 3.07 bits per heavy atom. The van der Waals surface area contributed by atoms with Gasteiger partial charge < -0.3 is 9.73 Å². The first kappa shape index (κ1) is 9.58. The Bertz CT molecular complexity index is 421. The fraction of sp³-hybridized carbons (Fsp3) is 0.556. The first-order valence-corrected chi connectivity index (χ1v) is 6.60. The maximum Gasteiger partial charge on any atom is 0.147 e. The summed E-state index contributed by atoms with van der Waals surface area (Å²) in [6.07, 6.45) is 5.29. The summed E-state index contributed by atoms with van der Waals surface area (Å²) in [5, 5.41) is 3.18. The van der Waals surface area contributed by atoms with Gasteiger partial charge in [-0.3, -0.25) is 0 Å². The van der Waals surface area contributed by atoms with E-state index >= 15 is 0 Å². The van der Waals surface area contributed by atoms with Gasteiger partial charge in [0, 0.05) is 24.3 Å². The van der Waals surface area contributed by atoms with Gasteiger partial charge in [-0.15, -0.1) is 0 Å². The maximum atomic E-state index is 11.0. The molecule has 2 rings (SSSR count). The van der Waals surface area contributed by atoms with Crippen molar-refractivity contribution in [3.05, 3.63) is 18.1 Å². The second kappa shape index (κ2) is 3.31. The van der Waals surface area contributed by atoms with Gasteiger partial charge in [0.15, 0.2) is 0 Å². The molecule has 1 aliphatic rings. The van der Waals surface area contributed by atoms with Gasteiger partial charge in [-0.05, 0) is 6.42 Å². The molecule has 0 spiro atoms. The summed E-state index contributed by atoms with van der Waals surface area (Å²) in [6.45, 7) is 0.816. The molecular weight excluding hydrogens is 202 g/mol. The number of furan rings is 1. The minimum absolute atomic E-state index is 0.240. The molecule has 5 heteroatoms. The molecule has 0 fully saturated rings. The largest absolute Gasteiger partial charge is 0.470 e. The molecule has 0 radical (unpaired) electrons. The molecule has 0 aliphatic carbocycles. The number of nitrogens with one attached hydrogen (secondary N) is 1. The van der Waals surface area contributed by atoms with E-state index < -0.39 is 9.84 Å². The van der Waals surface area contributed by atoms with Gasteiger partial charge in [0.25, 0.3) is 0 Å². The highest BCUT2D eigenvalue weighted by atomic mass is 32.2. The summed E-state index contributed by atoms with van der Waals surface area (Å²) in [4.78, 5) is 0. The van der Waals surface area contributed by atoms with Crippen molar-refractivity contribution in [3.63, 3.8) is 0 Å². The fourth-order valence-corrected chi connectivity index (χ4v) is 2.44. The second-order valence-corrected chi connectivity index (χ2v) is 6.00. The lowest BCUT2D eigenvalue weighted by Crippen LogP contribution is -2.10. The number of anilines is 1. The zero-order valence-corrected chi connectivity index (χ0v) is 8.80. The number of hydrogen-bond acceptors (Lipinski definition) is 4. The van der Waals surface area contributed by atoms with Crippen molar-refractivity contribution in [2.75, 3.05) is 23.9 Å². The van der Waals surface area contributed by atoms with Crippen LogP contribution < -0.4 is 5.32 Å². The predicted octanol–water partition coefficient (Wildman–Crippen LogP) is 1.22. The lowest BCUT2D eigenvalue weighted by molar-refractivity contribution is 0.553. The van der Waals surface area contributed by atoms with E-state index in [1.54, 1.807) is 12.5 Å². The van der Waals surface area contributed by atoms with E-state index in [-0.39, 0.29) is 11.7 Å². The van der Waals surface area contributed by atoms with Crippen molar-refractivity contribution in [1.29, 1.82) is 0 Å². The molecule has 1 aromatic rings. The van der Waals surface area contributed by atoms with Crippen LogP contribution in [0.1, 0.15) is 17.9 Å². The zero-order valence-electron chi connectivity index (χ0n) is 7.99. The normalized spacial score (nSPS) is 20.5. The van der Waals surface area contributed by atoms with E-state index in [2.05, 4.69) is 5.32 Å². The Hall–Kier alpha value is -0.970. The van der Waals surface area contributed by atoms with E-state index in [9.17, 15) is 8.42 Å². The van der Waals surface area contributed by atoms with Crippen molar-refractivity contribution < 1.29 is 12.8 Å². The molecule has 1 aliphatic heterocycles. The molecular formula is C9H13NO3S. The molecule has 1 aromatic heterocycles.